The zero-order chi connectivity index (χ0) is 23.7. The van der Waals surface area contributed by atoms with Gasteiger partial charge in [-0.3, -0.25) is 0 Å². The highest BCUT2D eigenvalue weighted by Crippen LogP contribution is 2.26. The molecular weight excluding hydrogens is 458 g/mol. The SMILES string of the molecule is Nc1ncnc2c1ncn2CCCOC(=O)c1ccc(NC2=NS(=O)(=O)c3ccccc32)cc1. The van der Waals surface area contributed by atoms with E-state index in [9.17, 15) is 13.2 Å². The van der Waals surface area contributed by atoms with E-state index in [0.29, 0.717) is 46.8 Å². The maximum absolute atomic E-state index is 12.4. The molecule has 34 heavy (non-hydrogen) atoms. The first-order valence-electron chi connectivity index (χ1n) is 10.3. The summed E-state index contributed by atoms with van der Waals surface area (Å²) in [5.41, 5.74) is 8.43. The van der Waals surface area contributed by atoms with E-state index < -0.39 is 16.0 Å². The lowest BCUT2D eigenvalue weighted by Gasteiger charge is -2.08. The highest BCUT2D eigenvalue weighted by atomic mass is 32.2. The molecular formula is C22H19N7O4S. The Kier molecular flexibility index (Phi) is 5.42. The van der Waals surface area contributed by atoms with Gasteiger partial charge in [0.2, 0.25) is 0 Å². The van der Waals surface area contributed by atoms with Crippen molar-refractivity contribution in [2.75, 3.05) is 17.7 Å². The van der Waals surface area contributed by atoms with Crippen molar-refractivity contribution in [1.82, 2.24) is 19.5 Å². The summed E-state index contributed by atoms with van der Waals surface area (Å²) in [6.07, 6.45) is 3.57. The monoisotopic (exact) mass is 477 g/mol. The minimum absolute atomic E-state index is 0.164. The van der Waals surface area contributed by atoms with Crippen LogP contribution in [0.3, 0.4) is 0 Å². The van der Waals surface area contributed by atoms with Crippen molar-refractivity contribution in [3.05, 3.63) is 72.3 Å². The van der Waals surface area contributed by atoms with Gasteiger partial charge in [-0.1, -0.05) is 12.1 Å². The maximum atomic E-state index is 12.4. The molecule has 2 aromatic heterocycles. The molecule has 0 saturated carbocycles. The van der Waals surface area contributed by atoms with Crippen LogP contribution in [-0.4, -0.2) is 46.3 Å². The molecule has 1 aliphatic heterocycles. The first-order valence-corrected chi connectivity index (χ1v) is 11.8. The number of benzene rings is 2. The maximum Gasteiger partial charge on any atom is 0.338 e. The molecule has 1 aliphatic rings. The lowest BCUT2D eigenvalue weighted by atomic mass is 10.1. The number of nitrogens with two attached hydrogens (primary N) is 1. The first kappa shape index (κ1) is 21.5. The Balaban J connectivity index is 1.16. The van der Waals surface area contributed by atoms with Crippen molar-refractivity contribution in [2.45, 2.75) is 17.9 Å². The second-order valence-corrected chi connectivity index (χ2v) is 9.04. The van der Waals surface area contributed by atoms with Crippen LogP contribution >= 0.6 is 0 Å². The molecule has 0 amide bonds. The number of carbonyl (C=O) groups excluding carboxylic acids is 1. The Morgan fingerprint density at radius 2 is 1.85 bits per heavy atom. The molecule has 2 aromatic carbocycles. The van der Waals surface area contributed by atoms with Crippen LogP contribution in [0.25, 0.3) is 11.2 Å². The quantitative estimate of drug-likeness (QED) is 0.314. The largest absolute Gasteiger partial charge is 0.462 e. The minimum Gasteiger partial charge on any atom is -0.462 e. The van der Waals surface area contributed by atoms with E-state index in [1.54, 1.807) is 48.8 Å². The van der Waals surface area contributed by atoms with Crippen LogP contribution in [0.4, 0.5) is 11.5 Å². The van der Waals surface area contributed by atoms with Gasteiger partial charge in [0.25, 0.3) is 10.0 Å². The molecule has 172 valence electrons. The number of hydrogen-bond acceptors (Lipinski definition) is 9. The predicted octanol–water partition coefficient (Wildman–Crippen LogP) is 2.22. The third-order valence-electron chi connectivity index (χ3n) is 5.22. The highest BCUT2D eigenvalue weighted by Gasteiger charge is 2.28. The molecule has 12 heteroatoms. The van der Waals surface area contributed by atoms with Gasteiger partial charge in [0.1, 0.15) is 16.7 Å². The number of sulfonamides is 1. The zero-order valence-electron chi connectivity index (χ0n) is 17.7. The molecule has 0 saturated heterocycles. The van der Waals surface area contributed by atoms with Crippen LogP contribution in [-0.2, 0) is 21.3 Å². The number of nitrogens with one attached hydrogen (secondary N) is 1. The molecule has 3 N–H and O–H groups in total. The summed E-state index contributed by atoms with van der Waals surface area (Å²) in [5, 5.41) is 3.00. The number of ether oxygens (including phenoxy) is 1. The number of nitrogens with zero attached hydrogens (tertiary/aromatic N) is 5. The minimum atomic E-state index is -3.71. The van der Waals surface area contributed by atoms with Crippen molar-refractivity contribution in [1.29, 1.82) is 0 Å². The number of rotatable bonds is 6. The number of aromatic nitrogens is 4. The highest BCUT2D eigenvalue weighted by molar-refractivity contribution is 7.90. The number of hydrogen-bond donors (Lipinski definition) is 2. The molecule has 0 atom stereocenters. The van der Waals surface area contributed by atoms with Crippen molar-refractivity contribution < 1.29 is 17.9 Å². The number of aryl methyl sites for hydroxylation is 1. The average Bonchev–Trinajstić information content (AvgIpc) is 3.36. The van der Waals surface area contributed by atoms with Crippen LogP contribution in [0.15, 0.2) is 70.5 Å². The number of imidazole rings is 1. The first-order chi connectivity index (χ1) is 16.4. The van der Waals surface area contributed by atoms with Gasteiger partial charge in [0, 0.05) is 17.8 Å². The molecule has 0 fully saturated rings. The van der Waals surface area contributed by atoms with Crippen molar-refractivity contribution >= 4 is 44.5 Å². The van der Waals surface area contributed by atoms with Crippen LogP contribution in [0.1, 0.15) is 22.3 Å². The molecule has 0 bridgehead atoms. The topological polar surface area (TPSA) is 154 Å². The summed E-state index contributed by atoms with van der Waals surface area (Å²) in [5.74, 6) is 0.101. The Labute approximate surface area is 194 Å². The van der Waals surface area contributed by atoms with Crippen LogP contribution in [0.2, 0.25) is 0 Å². The molecule has 4 aromatic rings. The number of fused-ring (bicyclic) bond motifs is 2. The van der Waals surface area contributed by atoms with E-state index in [2.05, 4.69) is 24.7 Å². The normalized spacial score (nSPS) is 13.9. The molecule has 0 unspecified atom stereocenters. The second-order valence-electron chi connectivity index (χ2n) is 7.47. The summed E-state index contributed by atoms with van der Waals surface area (Å²) >= 11 is 0. The van der Waals surface area contributed by atoms with E-state index in [0.717, 1.165) is 0 Å². The van der Waals surface area contributed by atoms with E-state index in [1.165, 1.54) is 12.4 Å². The number of anilines is 2. The average molecular weight is 478 g/mol. The van der Waals surface area contributed by atoms with E-state index in [-0.39, 0.29) is 17.3 Å². The van der Waals surface area contributed by atoms with Gasteiger partial charge in [0.15, 0.2) is 17.3 Å². The number of carbonyl (C=O) groups is 1. The summed E-state index contributed by atoms with van der Waals surface area (Å²) < 4.78 is 35.3. The Morgan fingerprint density at radius 1 is 1.06 bits per heavy atom. The fourth-order valence-corrected chi connectivity index (χ4v) is 4.74. The summed E-state index contributed by atoms with van der Waals surface area (Å²) in [4.78, 5) is 24.8. The second kappa shape index (κ2) is 8.56. The fraction of sp³-hybridized carbons (Fsp3) is 0.136. The summed E-state index contributed by atoms with van der Waals surface area (Å²) in [6.45, 7) is 0.764. The molecule has 0 aliphatic carbocycles. The van der Waals surface area contributed by atoms with E-state index in [4.69, 9.17) is 10.5 Å². The van der Waals surface area contributed by atoms with Gasteiger partial charge < -0.3 is 20.4 Å². The molecule has 5 rings (SSSR count). The van der Waals surface area contributed by atoms with Crippen LogP contribution in [0, 0.1) is 0 Å². The third kappa shape index (κ3) is 4.06. The van der Waals surface area contributed by atoms with Gasteiger partial charge in [-0.05, 0) is 42.8 Å². The molecule has 0 spiro atoms. The van der Waals surface area contributed by atoms with Gasteiger partial charge >= 0.3 is 5.97 Å². The Morgan fingerprint density at radius 3 is 2.68 bits per heavy atom. The van der Waals surface area contributed by atoms with Gasteiger partial charge in [-0.25, -0.2) is 19.7 Å². The molecule has 0 radical (unpaired) electrons. The Bertz CT molecular complexity index is 1530. The van der Waals surface area contributed by atoms with Crippen molar-refractivity contribution in [2.24, 2.45) is 4.40 Å². The number of nitrogen functional groups attached to an aromatic ring is 1. The number of esters is 1. The predicted molar refractivity (Wildman–Crippen MR) is 125 cm³/mol. The van der Waals surface area contributed by atoms with E-state index in [1.807, 2.05) is 4.57 Å². The van der Waals surface area contributed by atoms with Gasteiger partial charge in [-0.2, -0.15) is 8.42 Å². The van der Waals surface area contributed by atoms with Gasteiger partial charge in [0.05, 0.1) is 18.5 Å². The summed E-state index contributed by atoms with van der Waals surface area (Å²) in [6, 6.07) is 13.1. The standard InChI is InChI=1S/C22H19N7O4S/c23-19-18-21(25-12-24-19)29(13-26-18)10-3-11-33-22(30)14-6-8-15(9-7-14)27-20-16-4-1-2-5-17(16)34(31,32)28-20/h1-2,4-9,12-13H,3,10-11H2,(H,27,28)(H2,23,24,25). The van der Waals surface area contributed by atoms with Crippen LogP contribution in [0.5, 0.6) is 0 Å². The Hall–Kier alpha value is -4.32. The van der Waals surface area contributed by atoms with Gasteiger partial charge in [-0.15, -0.1) is 4.40 Å². The van der Waals surface area contributed by atoms with Crippen LogP contribution < -0.4 is 11.1 Å². The number of amidine groups is 1. The lowest BCUT2D eigenvalue weighted by Crippen LogP contribution is -2.12. The van der Waals surface area contributed by atoms with E-state index >= 15 is 0 Å². The fourth-order valence-electron chi connectivity index (χ4n) is 3.57. The van der Waals surface area contributed by atoms with Crippen molar-refractivity contribution in [3.8, 4) is 0 Å². The smallest absolute Gasteiger partial charge is 0.338 e. The van der Waals surface area contributed by atoms with Crippen molar-refractivity contribution in [3.63, 3.8) is 0 Å². The molecule has 11 nitrogen and oxygen atoms in total. The molecule has 3 heterocycles. The zero-order valence-corrected chi connectivity index (χ0v) is 18.6. The summed E-state index contributed by atoms with van der Waals surface area (Å²) in [7, 11) is -3.71. The lowest BCUT2D eigenvalue weighted by molar-refractivity contribution is 0.0496. The third-order valence-corrected chi connectivity index (χ3v) is 6.56.